The van der Waals surface area contributed by atoms with Gasteiger partial charge in [-0.15, -0.1) is 0 Å². The van der Waals surface area contributed by atoms with E-state index in [-0.39, 0.29) is 0 Å². The zero-order chi connectivity index (χ0) is 12.6. The summed E-state index contributed by atoms with van der Waals surface area (Å²) in [7, 11) is 0. The first kappa shape index (κ1) is 12.7. The van der Waals surface area contributed by atoms with Crippen LogP contribution in [-0.2, 0) is 6.61 Å². The van der Waals surface area contributed by atoms with E-state index in [4.69, 9.17) is 5.11 Å². The van der Waals surface area contributed by atoms with Crippen LogP contribution in [0, 0.1) is 0 Å². The molecule has 0 radical (unpaired) electrons. The summed E-state index contributed by atoms with van der Waals surface area (Å²) in [6, 6.07) is 0. The van der Waals surface area contributed by atoms with Gasteiger partial charge >= 0.3 is 12.4 Å². The molecule has 4 nitrogen and oxygen atoms in total. The highest BCUT2D eigenvalue weighted by molar-refractivity contribution is 5.01. The molecule has 16 heavy (non-hydrogen) atoms. The number of aliphatic hydroxyl groups excluding tert-OH is 1. The lowest BCUT2D eigenvalue weighted by Gasteiger charge is -2.18. The van der Waals surface area contributed by atoms with Gasteiger partial charge in [0.2, 0.25) is 11.8 Å². The summed E-state index contributed by atoms with van der Waals surface area (Å²) in [5, 5.41) is 11.1. The van der Waals surface area contributed by atoms with Gasteiger partial charge in [-0.2, -0.15) is 31.3 Å². The summed E-state index contributed by atoms with van der Waals surface area (Å²) >= 11 is 0. The average molecular weight is 250 g/mol. The maximum Gasteiger partial charge on any atom is 0.409 e. The molecule has 0 aliphatic heterocycles. The number of aromatic nitrogens is 2. The van der Waals surface area contributed by atoms with E-state index in [1.165, 1.54) is 0 Å². The Hall–Kier alpha value is -1.32. The minimum atomic E-state index is -5.59. The minimum absolute atomic E-state index is 0.645. The van der Waals surface area contributed by atoms with E-state index < -0.39 is 36.6 Å². The lowest BCUT2D eigenvalue weighted by atomic mass is 10.1. The molecule has 1 aromatic rings. The van der Waals surface area contributed by atoms with Crippen LogP contribution in [0.1, 0.15) is 17.6 Å². The van der Waals surface area contributed by atoms with E-state index in [0.29, 0.717) is 0 Å². The van der Waals surface area contributed by atoms with Crippen molar-refractivity contribution < 1.29 is 36.0 Å². The van der Waals surface area contributed by atoms with Crippen LogP contribution in [0.3, 0.4) is 0 Å². The Morgan fingerprint density at radius 1 is 1.12 bits per heavy atom. The van der Waals surface area contributed by atoms with Gasteiger partial charge in [-0.05, 0) is 0 Å². The fraction of sp³-hybridized carbons (Fsp3) is 0.667. The Balaban J connectivity index is 3.12. The van der Waals surface area contributed by atoms with Crippen molar-refractivity contribution in [2.75, 3.05) is 0 Å². The van der Waals surface area contributed by atoms with Gasteiger partial charge in [0.25, 0.3) is 0 Å². The molecule has 0 saturated heterocycles. The highest BCUT2D eigenvalue weighted by atomic mass is 19.4. The number of hydrogen-bond acceptors (Lipinski definition) is 4. The minimum Gasteiger partial charge on any atom is -0.388 e. The van der Waals surface area contributed by atoms with Crippen LogP contribution in [-0.4, -0.2) is 27.6 Å². The SMILES string of the molecule is OCc1noc(C(C(F)(F)F)C(F)(F)F)n1. The van der Waals surface area contributed by atoms with E-state index >= 15 is 0 Å². The molecule has 92 valence electrons. The second kappa shape index (κ2) is 3.92. The van der Waals surface area contributed by atoms with Gasteiger partial charge in [0, 0.05) is 0 Å². The number of rotatable bonds is 2. The molecule has 10 heteroatoms. The lowest BCUT2D eigenvalue weighted by molar-refractivity contribution is -0.259. The summed E-state index contributed by atoms with van der Waals surface area (Å²) < 4.78 is 76.4. The summed E-state index contributed by atoms with van der Waals surface area (Å²) in [5.41, 5.74) is 0. The lowest BCUT2D eigenvalue weighted by Crippen LogP contribution is -2.34. The standard InChI is InChI=1S/C6H4F6N2O2/c7-5(8,9)3(6(10,11)12)4-13-2(1-15)14-16-4/h3,15H,1H2. The van der Waals surface area contributed by atoms with Crippen LogP contribution in [0.4, 0.5) is 26.3 Å². The second-order valence-corrected chi connectivity index (χ2v) is 2.72. The maximum atomic E-state index is 12.1. The zero-order valence-corrected chi connectivity index (χ0v) is 7.30. The molecule has 0 spiro atoms. The predicted molar refractivity (Wildman–Crippen MR) is 35.1 cm³/mol. The normalized spacial score (nSPS) is 13.5. The monoisotopic (exact) mass is 250 g/mol. The van der Waals surface area contributed by atoms with Gasteiger partial charge in [0.1, 0.15) is 6.61 Å². The first-order valence-corrected chi connectivity index (χ1v) is 3.73. The summed E-state index contributed by atoms with van der Waals surface area (Å²) in [4.78, 5) is 2.79. The van der Waals surface area contributed by atoms with Crippen molar-refractivity contribution in [2.45, 2.75) is 24.9 Å². The molecular formula is C6H4F6N2O2. The number of aliphatic hydroxyl groups is 1. The molecule has 0 fully saturated rings. The number of alkyl halides is 6. The third-order valence-corrected chi connectivity index (χ3v) is 1.53. The fourth-order valence-corrected chi connectivity index (χ4v) is 0.915. The largest absolute Gasteiger partial charge is 0.409 e. The Labute approximate surface area is 83.9 Å². The van der Waals surface area contributed by atoms with Crippen molar-refractivity contribution in [3.05, 3.63) is 11.7 Å². The van der Waals surface area contributed by atoms with Crippen molar-refractivity contribution in [1.29, 1.82) is 0 Å². The van der Waals surface area contributed by atoms with Crippen molar-refractivity contribution in [3.8, 4) is 0 Å². The van der Waals surface area contributed by atoms with Gasteiger partial charge in [-0.3, -0.25) is 0 Å². The molecule has 1 aromatic heterocycles. The van der Waals surface area contributed by atoms with Crippen molar-refractivity contribution in [3.63, 3.8) is 0 Å². The Bertz CT molecular complexity index is 343. The molecule has 0 saturated carbocycles. The van der Waals surface area contributed by atoms with Crippen LogP contribution in [0.5, 0.6) is 0 Å². The Morgan fingerprint density at radius 3 is 1.94 bits per heavy atom. The Morgan fingerprint density at radius 2 is 1.62 bits per heavy atom. The van der Waals surface area contributed by atoms with Crippen LogP contribution in [0.2, 0.25) is 0 Å². The molecule has 0 aromatic carbocycles. The molecular weight excluding hydrogens is 246 g/mol. The topological polar surface area (TPSA) is 59.2 Å². The van der Waals surface area contributed by atoms with Crippen LogP contribution in [0.15, 0.2) is 4.52 Å². The molecule has 0 bridgehead atoms. The summed E-state index contributed by atoms with van der Waals surface area (Å²) in [6.45, 7) is -0.911. The average Bonchev–Trinajstić information content (AvgIpc) is 2.47. The molecule has 0 atom stereocenters. The molecule has 0 aliphatic rings. The quantitative estimate of drug-likeness (QED) is 0.812. The maximum absolute atomic E-state index is 12.1. The Kier molecular flexibility index (Phi) is 3.13. The van der Waals surface area contributed by atoms with Crippen LogP contribution < -0.4 is 0 Å². The van der Waals surface area contributed by atoms with Crippen molar-refractivity contribution in [1.82, 2.24) is 10.1 Å². The summed E-state index contributed by atoms with van der Waals surface area (Å²) in [5.74, 6) is -6.12. The van der Waals surface area contributed by atoms with Gasteiger partial charge in [0.05, 0.1) is 0 Å². The van der Waals surface area contributed by atoms with Crippen LogP contribution in [0.25, 0.3) is 0 Å². The first-order chi connectivity index (χ1) is 7.16. The fourth-order valence-electron chi connectivity index (χ4n) is 0.915. The summed E-state index contributed by atoms with van der Waals surface area (Å²) in [6.07, 6.45) is -11.2. The molecule has 1 rings (SSSR count). The number of hydrogen-bond donors (Lipinski definition) is 1. The number of halogens is 6. The molecule has 1 N–H and O–H groups in total. The molecule has 0 unspecified atom stereocenters. The van der Waals surface area contributed by atoms with E-state index in [9.17, 15) is 26.3 Å². The third kappa shape index (κ3) is 2.62. The van der Waals surface area contributed by atoms with Crippen LogP contribution >= 0.6 is 0 Å². The van der Waals surface area contributed by atoms with Gasteiger partial charge in [0.15, 0.2) is 5.82 Å². The highest BCUT2D eigenvalue weighted by Gasteiger charge is 2.60. The number of nitrogens with zero attached hydrogens (tertiary/aromatic N) is 2. The van der Waals surface area contributed by atoms with Gasteiger partial charge < -0.3 is 9.63 Å². The first-order valence-electron chi connectivity index (χ1n) is 3.73. The smallest absolute Gasteiger partial charge is 0.388 e. The predicted octanol–water partition coefficient (Wildman–Crippen LogP) is 1.77. The van der Waals surface area contributed by atoms with Crippen molar-refractivity contribution >= 4 is 0 Å². The second-order valence-electron chi connectivity index (χ2n) is 2.72. The van der Waals surface area contributed by atoms with Gasteiger partial charge in [-0.25, -0.2) is 0 Å². The highest BCUT2D eigenvalue weighted by Crippen LogP contribution is 2.45. The third-order valence-electron chi connectivity index (χ3n) is 1.53. The van der Waals surface area contributed by atoms with E-state index in [1.807, 2.05) is 0 Å². The zero-order valence-electron chi connectivity index (χ0n) is 7.30. The van der Waals surface area contributed by atoms with E-state index in [0.717, 1.165) is 0 Å². The van der Waals surface area contributed by atoms with Gasteiger partial charge in [-0.1, -0.05) is 5.16 Å². The molecule has 0 aliphatic carbocycles. The van der Waals surface area contributed by atoms with Crippen molar-refractivity contribution in [2.24, 2.45) is 0 Å². The molecule has 0 amide bonds. The van der Waals surface area contributed by atoms with E-state index in [2.05, 4.69) is 14.7 Å². The van der Waals surface area contributed by atoms with E-state index in [1.54, 1.807) is 0 Å². The molecule has 1 heterocycles.